The van der Waals surface area contributed by atoms with Crippen molar-refractivity contribution in [3.63, 3.8) is 0 Å². The highest BCUT2D eigenvalue weighted by Gasteiger charge is 2.28. The lowest BCUT2D eigenvalue weighted by molar-refractivity contribution is 0.101. The van der Waals surface area contributed by atoms with Gasteiger partial charge in [-0.2, -0.15) is 0 Å². The minimum Gasteiger partial charge on any atom is -0.360 e. The number of pyridine rings is 1. The molecule has 1 aliphatic rings. The second-order valence-electron chi connectivity index (χ2n) is 6.97. The molecule has 0 spiro atoms. The summed E-state index contributed by atoms with van der Waals surface area (Å²) in [5.74, 6) is 0.979. The highest BCUT2D eigenvalue weighted by Crippen LogP contribution is 2.40. The second kappa shape index (κ2) is 6.09. The smallest absolute Gasteiger partial charge is 0.277 e. The second-order valence-corrected chi connectivity index (χ2v) is 6.97. The number of aryl methyl sites for hydroxylation is 1. The fourth-order valence-corrected chi connectivity index (χ4v) is 3.17. The maximum absolute atomic E-state index is 12.3. The Morgan fingerprint density at radius 2 is 2.04 bits per heavy atom. The molecular formula is C21H18N4O2. The monoisotopic (exact) mass is 358 g/mol. The van der Waals surface area contributed by atoms with Crippen molar-refractivity contribution in [3.05, 3.63) is 71.9 Å². The Morgan fingerprint density at radius 3 is 2.78 bits per heavy atom. The van der Waals surface area contributed by atoms with Gasteiger partial charge in [0, 0.05) is 35.6 Å². The average Bonchev–Trinajstić information content (AvgIpc) is 3.23. The molecule has 5 rings (SSSR count). The molecule has 134 valence electrons. The van der Waals surface area contributed by atoms with Crippen molar-refractivity contribution < 1.29 is 9.32 Å². The van der Waals surface area contributed by atoms with E-state index < -0.39 is 0 Å². The Kier molecular flexibility index (Phi) is 3.57. The lowest BCUT2D eigenvalue weighted by Crippen LogP contribution is -2.12. The summed E-state index contributed by atoms with van der Waals surface area (Å²) in [7, 11) is 0. The lowest BCUT2D eigenvalue weighted by Gasteiger charge is -2.03. The van der Waals surface area contributed by atoms with Gasteiger partial charge >= 0.3 is 0 Å². The van der Waals surface area contributed by atoms with Gasteiger partial charge in [-0.05, 0) is 43.5 Å². The number of hydrogen-bond acceptors (Lipinski definition) is 4. The Hall–Kier alpha value is -3.41. The summed E-state index contributed by atoms with van der Waals surface area (Å²) in [4.78, 5) is 17.0. The van der Waals surface area contributed by atoms with Crippen LogP contribution in [0.5, 0.6) is 0 Å². The van der Waals surface area contributed by atoms with E-state index in [0.717, 1.165) is 41.1 Å². The fraction of sp³-hybridized carbons (Fsp3) is 0.190. The molecule has 0 bridgehead atoms. The third-order valence-electron chi connectivity index (χ3n) is 4.86. The average molecular weight is 358 g/mol. The summed E-state index contributed by atoms with van der Waals surface area (Å²) in [6, 6.07) is 13.4. The molecule has 1 aromatic carbocycles. The van der Waals surface area contributed by atoms with Crippen molar-refractivity contribution in [1.82, 2.24) is 14.5 Å². The molecule has 3 heterocycles. The summed E-state index contributed by atoms with van der Waals surface area (Å²) in [5, 5.41) is 6.73. The molecule has 6 heteroatoms. The number of carbonyl (C=O) groups is 1. The molecule has 4 aromatic rings. The third-order valence-corrected chi connectivity index (χ3v) is 4.86. The van der Waals surface area contributed by atoms with E-state index >= 15 is 0 Å². The molecule has 3 aromatic heterocycles. The molecule has 0 radical (unpaired) electrons. The number of hydrogen-bond donors (Lipinski definition) is 1. The van der Waals surface area contributed by atoms with Crippen LogP contribution in [0.1, 0.15) is 40.6 Å². The number of imidazole rings is 1. The standard InChI is InChI=1S/C21H18N4O2/c1-13-3-2-10-25-12-18(23-20(13)25)14-6-8-16(9-7-14)22-21(26)17-11-19(27-24-17)15-4-5-15/h2-3,6-12,15H,4-5H2,1H3,(H,22,26). The number of aromatic nitrogens is 3. The first-order chi connectivity index (χ1) is 13.2. The first-order valence-corrected chi connectivity index (χ1v) is 9.00. The molecule has 0 aliphatic heterocycles. The van der Waals surface area contributed by atoms with Crippen LogP contribution in [0.4, 0.5) is 5.69 Å². The van der Waals surface area contributed by atoms with Crippen molar-refractivity contribution in [3.8, 4) is 11.3 Å². The van der Waals surface area contributed by atoms with Crippen LogP contribution in [0.15, 0.2) is 59.4 Å². The summed E-state index contributed by atoms with van der Waals surface area (Å²) in [6.45, 7) is 2.04. The molecule has 0 saturated heterocycles. The molecule has 0 unspecified atom stereocenters. The van der Waals surface area contributed by atoms with Crippen molar-refractivity contribution in [2.75, 3.05) is 5.32 Å². The maximum Gasteiger partial charge on any atom is 0.277 e. The van der Waals surface area contributed by atoms with E-state index in [1.54, 1.807) is 6.07 Å². The zero-order valence-corrected chi connectivity index (χ0v) is 14.8. The van der Waals surface area contributed by atoms with Gasteiger partial charge in [-0.3, -0.25) is 4.79 Å². The highest BCUT2D eigenvalue weighted by atomic mass is 16.5. The molecule has 0 atom stereocenters. The number of benzene rings is 1. The van der Waals surface area contributed by atoms with Crippen molar-refractivity contribution in [2.45, 2.75) is 25.7 Å². The van der Waals surface area contributed by atoms with E-state index in [0.29, 0.717) is 17.3 Å². The van der Waals surface area contributed by atoms with E-state index in [4.69, 9.17) is 9.51 Å². The maximum atomic E-state index is 12.3. The number of anilines is 1. The van der Waals surface area contributed by atoms with Gasteiger partial charge in [0.1, 0.15) is 11.4 Å². The lowest BCUT2D eigenvalue weighted by atomic mass is 10.1. The SMILES string of the molecule is Cc1cccn2cc(-c3ccc(NC(=O)c4cc(C5CC5)on4)cc3)nc12. The molecule has 1 fully saturated rings. The van der Waals surface area contributed by atoms with E-state index in [2.05, 4.69) is 10.5 Å². The van der Waals surface area contributed by atoms with Crippen LogP contribution in [0.3, 0.4) is 0 Å². The Morgan fingerprint density at radius 1 is 1.22 bits per heavy atom. The Labute approximate surface area is 155 Å². The van der Waals surface area contributed by atoms with Crippen LogP contribution in [-0.4, -0.2) is 20.4 Å². The van der Waals surface area contributed by atoms with Crippen LogP contribution < -0.4 is 5.32 Å². The van der Waals surface area contributed by atoms with E-state index in [-0.39, 0.29) is 5.91 Å². The van der Waals surface area contributed by atoms with Gasteiger partial charge in [0.2, 0.25) is 0 Å². The summed E-state index contributed by atoms with van der Waals surface area (Å²) in [6.07, 6.45) is 6.21. The molecule has 1 aliphatic carbocycles. The predicted molar refractivity (Wildman–Crippen MR) is 102 cm³/mol. The largest absolute Gasteiger partial charge is 0.360 e. The zero-order valence-electron chi connectivity index (χ0n) is 14.8. The third kappa shape index (κ3) is 2.99. The molecule has 1 N–H and O–H groups in total. The first kappa shape index (κ1) is 15.8. The fourth-order valence-electron chi connectivity index (χ4n) is 3.17. The van der Waals surface area contributed by atoms with E-state index in [1.165, 1.54) is 0 Å². The van der Waals surface area contributed by atoms with Crippen LogP contribution in [-0.2, 0) is 0 Å². The first-order valence-electron chi connectivity index (χ1n) is 9.00. The Bertz CT molecular complexity index is 1140. The van der Waals surface area contributed by atoms with Gasteiger partial charge in [0.05, 0.1) is 5.69 Å². The molecular weight excluding hydrogens is 340 g/mol. The quantitative estimate of drug-likeness (QED) is 0.586. The zero-order chi connectivity index (χ0) is 18.4. The van der Waals surface area contributed by atoms with Crippen LogP contribution in [0, 0.1) is 6.92 Å². The summed E-state index contributed by atoms with van der Waals surface area (Å²) < 4.78 is 7.26. The Balaban J connectivity index is 1.34. The molecule has 27 heavy (non-hydrogen) atoms. The van der Waals surface area contributed by atoms with Crippen molar-refractivity contribution >= 4 is 17.2 Å². The molecule has 6 nitrogen and oxygen atoms in total. The van der Waals surface area contributed by atoms with Crippen LogP contribution >= 0.6 is 0 Å². The molecule has 1 amide bonds. The number of nitrogens with zero attached hydrogens (tertiary/aromatic N) is 3. The number of amides is 1. The number of fused-ring (bicyclic) bond motifs is 1. The number of rotatable bonds is 4. The summed E-state index contributed by atoms with van der Waals surface area (Å²) >= 11 is 0. The number of nitrogens with one attached hydrogen (secondary N) is 1. The topological polar surface area (TPSA) is 72.4 Å². The van der Waals surface area contributed by atoms with Gasteiger partial charge in [-0.1, -0.05) is 23.4 Å². The van der Waals surface area contributed by atoms with Crippen molar-refractivity contribution in [1.29, 1.82) is 0 Å². The van der Waals surface area contributed by atoms with Gasteiger partial charge in [0.15, 0.2) is 5.69 Å². The van der Waals surface area contributed by atoms with Crippen molar-refractivity contribution in [2.24, 2.45) is 0 Å². The van der Waals surface area contributed by atoms with E-state index in [9.17, 15) is 4.79 Å². The predicted octanol–water partition coefficient (Wildman–Crippen LogP) is 4.43. The minimum absolute atomic E-state index is 0.262. The van der Waals surface area contributed by atoms with Gasteiger partial charge in [-0.15, -0.1) is 0 Å². The van der Waals surface area contributed by atoms with E-state index in [1.807, 2.05) is 60.1 Å². The van der Waals surface area contributed by atoms with Gasteiger partial charge in [0.25, 0.3) is 5.91 Å². The molecule has 1 saturated carbocycles. The van der Waals surface area contributed by atoms with Gasteiger partial charge < -0.3 is 14.2 Å². The van der Waals surface area contributed by atoms with Crippen LogP contribution in [0.25, 0.3) is 16.9 Å². The minimum atomic E-state index is -0.262. The highest BCUT2D eigenvalue weighted by molar-refractivity contribution is 6.02. The van der Waals surface area contributed by atoms with Crippen LogP contribution in [0.2, 0.25) is 0 Å². The summed E-state index contributed by atoms with van der Waals surface area (Å²) in [5.41, 5.74) is 4.99. The normalized spacial score (nSPS) is 13.8. The van der Waals surface area contributed by atoms with Gasteiger partial charge in [-0.25, -0.2) is 4.98 Å². The number of carbonyl (C=O) groups excluding carboxylic acids is 1.